The number of amides is 2. The minimum Gasteiger partial charge on any atom is -0.333 e. The topological polar surface area (TPSA) is 66.7 Å². The van der Waals surface area contributed by atoms with E-state index in [1.54, 1.807) is 17.2 Å². The SMILES string of the molecule is CC(C)(C)NC(=O)N1CCc2nc3ccccn3c(=O)c2C1. The third-order valence-corrected chi connectivity index (χ3v) is 3.65. The minimum absolute atomic E-state index is 0.0890. The monoisotopic (exact) mass is 300 g/mol. The summed E-state index contributed by atoms with van der Waals surface area (Å²) in [7, 11) is 0. The minimum atomic E-state index is -0.298. The van der Waals surface area contributed by atoms with Crippen molar-refractivity contribution in [2.24, 2.45) is 0 Å². The molecule has 0 unspecified atom stereocenters. The Morgan fingerprint density at radius 1 is 1.32 bits per heavy atom. The van der Waals surface area contributed by atoms with Crippen LogP contribution in [0.5, 0.6) is 0 Å². The fourth-order valence-electron chi connectivity index (χ4n) is 2.62. The van der Waals surface area contributed by atoms with Crippen molar-refractivity contribution in [3.8, 4) is 0 Å². The first-order valence-corrected chi connectivity index (χ1v) is 7.41. The first-order chi connectivity index (χ1) is 10.3. The summed E-state index contributed by atoms with van der Waals surface area (Å²) in [6.45, 7) is 6.69. The maximum absolute atomic E-state index is 12.6. The lowest BCUT2D eigenvalue weighted by Gasteiger charge is -2.31. The highest BCUT2D eigenvalue weighted by Gasteiger charge is 2.26. The summed E-state index contributed by atoms with van der Waals surface area (Å²) in [4.78, 5) is 31.1. The molecule has 2 aromatic heterocycles. The van der Waals surface area contributed by atoms with Gasteiger partial charge in [0.15, 0.2) is 0 Å². The molecule has 3 heterocycles. The second-order valence-electron chi connectivity index (χ2n) is 6.62. The number of pyridine rings is 1. The Morgan fingerprint density at radius 3 is 2.82 bits per heavy atom. The molecule has 0 aliphatic carbocycles. The molecule has 116 valence electrons. The van der Waals surface area contributed by atoms with Crippen molar-refractivity contribution in [2.45, 2.75) is 39.3 Å². The molecule has 0 aromatic carbocycles. The van der Waals surface area contributed by atoms with Crippen molar-refractivity contribution < 1.29 is 4.79 Å². The summed E-state index contributed by atoms with van der Waals surface area (Å²) in [5.41, 5.74) is 1.68. The molecule has 0 saturated carbocycles. The first kappa shape index (κ1) is 14.6. The lowest BCUT2D eigenvalue weighted by molar-refractivity contribution is 0.182. The summed E-state index contributed by atoms with van der Waals surface area (Å²) < 4.78 is 1.53. The Labute approximate surface area is 128 Å². The van der Waals surface area contributed by atoms with Gasteiger partial charge in [0.25, 0.3) is 5.56 Å². The fourth-order valence-corrected chi connectivity index (χ4v) is 2.62. The van der Waals surface area contributed by atoms with Crippen molar-refractivity contribution in [3.63, 3.8) is 0 Å². The highest BCUT2D eigenvalue weighted by molar-refractivity contribution is 5.75. The Balaban J connectivity index is 1.94. The highest BCUT2D eigenvalue weighted by Crippen LogP contribution is 2.15. The molecule has 0 bridgehead atoms. The van der Waals surface area contributed by atoms with Gasteiger partial charge in [0, 0.05) is 24.7 Å². The Kier molecular flexibility index (Phi) is 3.39. The summed E-state index contributed by atoms with van der Waals surface area (Å²) >= 11 is 0. The third-order valence-electron chi connectivity index (χ3n) is 3.65. The summed E-state index contributed by atoms with van der Waals surface area (Å²) in [5, 5.41) is 2.93. The lowest BCUT2D eigenvalue weighted by atomic mass is 10.1. The van der Waals surface area contributed by atoms with Gasteiger partial charge in [0.1, 0.15) is 5.65 Å². The first-order valence-electron chi connectivity index (χ1n) is 7.41. The van der Waals surface area contributed by atoms with Crippen LogP contribution in [0.4, 0.5) is 4.79 Å². The van der Waals surface area contributed by atoms with Crippen LogP contribution in [-0.2, 0) is 13.0 Å². The number of carbonyl (C=O) groups is 1. The summed E-state index contributed by atoms with van der Waals surface area (Å²) in [6, 6.07) is 5.34. The number of carbonyl (C=O) groups excluding carboxylic acids is 1. The fraction of sp³-hybridized carbons (Fsp3) is 0.438. The molecular formula is C16H20N4O2. The zero-order valence-corrected chi connectivity index (χ0v) is 13.1. The van der Waals surface area contributed by atoms with Crippen LogP contribution in [0.2, 0.25) is 0 Å². The second-order valence-corrected chi connectivity index (χ2v) is 6.62. The van der Waals surface area contributed by atoms with Crippen molar-refractivity contribution in [2.75, 3.05) is 6.54 Å². The van der Waals surface area contributed by atoms with E-state index in [4.69, 9.17) is 0 Å². The number of hydrogen-bond acceptors (Lipinski definition) is 3. The van der Waals surface area contributed by atoms with E-state index in [9.17, 15) is 9.59 Å². The van der Waals surface area contributed by atoms with E-state index >= 15 is 0 Å². The van der Waals surface area contributed by atoms with Crippen LogP contribution in [0.15, 0.2) is 29.2 Å². The van der Waals surface area contributed by atoms with Gasteiger partial charge in [-0.1, -0.05) is 6.07 Å². The molecule has 2 aromatic rings. The zero-order chi connectivity index (χ0) is 15.9. The molecule has 6 heteroatoms. The number of hydrogen-bond donors (Lipinski definition) is 1. The van der Waals surface area contributed by atoms with Crippen LogP contribution >= 0.6 is 0 Å². The number of aromatic nitrogens is 2. The smallest absolute Gasteiger partial charge is 0.318 e. The molecule has 1 N–H and O–H groups in total. The van der Waals surface area contributed by atoms with Crippen molar-refractivity contribution in [1.29, 1.82) is 0 Å². The summed E-state index contributed by atoms with van der Waals surface area (Å²) in [6.07, 6.45) is 2.31. The Morgan fingerprint density at radius 2 is 2.09 bits per heavy atom. The van der Waals surface area contributed by atoms with E-state index in [1.165, 1.54) is 4.40 Å². The largest absolute Gasteiger partial charge is 0.333 e. The molecule has 6 nitrogen and oxygen atoms in total. The number of nitrogens with zero attached hydrogens (tertiary/aromatic N) is 3. The second kappa shape index (κ2) is 5.12. The Hall–Kier alpha value is -2.37. The van der Waals surface area contributed by atoms with E-state index in [-0.39, 0.29) is 17.1 Å². The molecule has 3 rings (SSSR count). The van der Waals surface area contributed by atoms with Gasteiger partial charge in [0.2, 0.25) is 0 Å². The number of nitrogens with one attached hydrogen (secondary N) is 1. The molecule has 0 saturated heterocycles. The molecule has 0 atom stereocenters. The average Bonchev–Trinajstić information content (AvgIpc) is 2.45. The molecule has 0 radical (unpaired) electrons. The summed E-state index contributed by atoms with van der Waals surface area (Å²) in [5.74, 6) is 0. The van der Waals surface area contributed by atoms with Gasteiger partial charge in [-0.25, -0.2) is 9.78 Å². The number of urea groups is 1. The Bertz CT molecular complexity index is 789. The van der Waals surface area contributed by atoms with E-state index < -0.39 is 0 Å². The van der Waals surface area contributed by atoms with E-state index in [2.05, 4.69) is 10.3 Å². The van der Waals surface area contributed by atoms with Crippen molar-refractivity contribution in [3.05, 3.63) is 46.0 Å². The van der Waals surface area contributed by atoms with E-state index in [1.807, 2.05) is 32.9 Å². The quantitative estimate of drug-likeness (QED) is 0.803. The van der Waals surface area contributed by atoms with Crippen molar-refractivity contribution in [1.82, 2.24) is 19.6 Å². The highest BCUT2D eigenvalue weighted by atomic mass is 16.2. The lowest BCUT2D eigenvalue weighted by Crippen LogP contribution is -2.50. The van der Waals surface area contributed by atoms with Gasteiger partial charge in [-0.05, 0) is 32.9 Å². The normalized spacial score (nSPS) is 14.8. The van der Waals surface area contributed by atoms with Gasteiger partial charge < -0.3 is 10.2 Å². The van der Waals surface area contributed by atoms with E-state index in [0.717, 1.165) is 5.69 Å². The average molecular weight is 300 g/mol. The van der Waals surface area contributed by atoms with Crippen LogP contribution in [-0.4, -0.2) is 32.4 Å². The maximum atomic E-state index is 12.6. The van der Waals surface area contributed by atoms with Crippen LogP contribution in [0.3, 0.4) is 0 Å². The van der Waals surface area contributed by atoms with Gasteiger partial charge in [0.05, 0.1) is 17.8 Å². The van der Waals surface area contributed by atoms with Crippen LogP contribution < -0.4 is 10.9 Å². The predicted molar refractivity (Wildman–Crippen MR) is 83.9 cm³/mol. The standard InChI is InChI=1S/C16H20N4O2/c1-16(2,3)18-15(22)19-9-7-12-11(10-19)14(21)20-8-5-4-6-13(20)17-12/h4-6,8H,7,9-10H2,1-3H3,(H,18,22). The number of fused-ring (bicyclic) bond motifs is 2. The van der Waals surface area contributed by atoms with Gasteiger partial charge >= 0.3 is 6.03 Å². The van der Waals surface area contributed by atoms with Gasteiger partial charge in [-0.2, -0.15) is 0 Å². The molecule has 0 fully saturated rings. The maximum Gasteiger partial charge on any atom is 0.318 e. The van der Waals surface area contributed by atoms with Crippen LogP contribution in [0.1, 0.15) is 32.0 Å². The molecule has 2 amide bonds. The molecule has 1 aliphatic heterocycles. The molecular weight excluding hydrogens is 280 g/mol. The molecule has 0 spiro atoms. The van der Waals surface area contributed by atoms with Gasteiger partial charge in [-0.3, -0.25) is 9.20 Å². The number of rotatable bonds is 0. The van der Waals surface area contributed by atoms with Crippen LogP contribution in [0.25, 0.3) is 5.65 Å². The zero-order valence-electron chi connectivity index (χ0n) is 13.1. The molecule has 1 aliphatic rings. The van der Waals surface area contributed by atoms with Crippen molar-refractivity contribution >= 4 is 11.7 Å². The van der Waals surface area contributed by atoms with Gasteiger partial charge in [-0.15, -0.1) is 0 Å². The third kappa shape index (κ3) is 2.68. The predicted octanol–water partition coefficient (Wildman–Crippen LogP) is 1.56. The van der Waals surface area contributed by atoms with E-state index in [0.29, 0.717) is 30.7 Å². The molecule has 22 heavy (non-hydrogen) atoms. The van der Waals surface area contributed by atoms with Crippen LogP contribution in [0, 0.1) is 0 Å².